The molecule has 0 bridgehead atoms. The van der Waals surface area contributed by atoms with Crippen LogP contribution in [0.3, 0.4) is 0 Å². The summed E-state index contributed by atoms with van der Waals surface area (Å²) in [6.45, 7) is 0.157. The Hall–Kier alpha value is -3.67. The molecule has 1 aliphatic heterocycles. The molecule has 146 valence electrons. The number of aliphatic hydroxyl groups excluding tert-OH is 1. The van der Waals surface area contributed by atoms with E-state index in [1.807, 2.05) is 36.4 Å². The second kappa shape index (κ2) is 8.14. The van der Waals surface area contributed by atoms with E-state index in [1.54, 1.807) is 30.5 Å². The third kappa shape index (κ3) is 3.82. The highest BCUT2D eigenvalue weighted by Gasteiger charge is 2.44. The molecule has 6 heteroatoms. The van der Waals surface area contributed by atoms with E-state index in [1.165, 1.54) is 11.2 Å². The highest BCUT2D eigenvalue weighted by atomic mass is 16.3. The highest BCUT2D eigenvalue weighted by Crippen LogP contribution is 2.39. The van der Waals surface area contributed by atoms with Crippen LogP contribution in [0.15, 0.2) is 88.9 Å². The average molecular weight is 388 g/mol. The molecule has 0 fully saturated rings. The lowest BCUT2D eigenvalue weighted by molar-refractivity contribution is -0.130. The molecule has 0 radical (unpaired) electrons. The Morgan fingerprint density at radius 2 is 1.86 bits per heavy atom. The van der Waals surface area contributed by atoms with Gasteiger partial charge in [0.25, 0.3) is 5.91 Å². The number of aryl methyl sites for hydroxylation is 1. The first kappa shape index (κ1) is 18.7. The lowest BCUT2D eigenvalue weighted by Crippen LogP contribution is -2.30. The predicted molar refractivity (Wildman–Crippen MR) is 106 cm³/mol. The van der Waals surface area contributed by atoms with Gasteiger partial charge in [0.05, 0.1) is 24.1 Å². The Kier molecular flexibility index (Phi) is 5.24. The van der Waals surface area contributed by atoms with Gasteiger partial charge in [0.1, 0.15) is 11.8 Å². The SMILES string of the molecule is O=C(CCc1ccccc1)C1=C(O)C(=O)N(Cc2ccccn2)C1c1ccco1. The number of Topliss-reactive ketones (excluding diaryl/α,β-unsaturated/α-hetero) is 1. The van der Waals surface area contributed by atoms with Crippen LogP contribution < -0.4 is 0 Å². The lowest BCUT2D eigenvalue weighted by atomic mass is 9.96. The van der Waals surface area contributed by atoms with Crippen LogP contribution in [0.1, 0.15) is 29.5 Å². The summed E-state index contributed by atoms with van der Waals surface area (Å²) in [7, 11) is 0. The second-order valence-corrected chi connectivity index (χ2v) is 6.84. The van der Waals surface area contributed by atoms with Crippen molar-refractivity contribution in [3.8, 4) is 0 Å². The number of pyridine rings is 1. The maximum atomic E-state index is 13.0. The number of hydrogen-bond acceptors (Lipinski definition) is 5. The molecule has 1 aliphatic rings. The van der Waals surface area contributed by atoms with Crippen molar-refractivity contribution in [2.45, 2.75) is 25.4 Å². The number of rotatable bonds is 7. The van der Waals surface area contributed by atoms with Gasteiger partial charge < -0.3 is 14.4 Å². The molecule has 1 unspecified atom stereocenters. The number of carbonyl (C=O) groups excluding carboxylic acids is 2. The van der Waals surface area contributed by atoms with E-state index in [2.05, 4.69) is 4.98 Å². The Morgan fingerprint density at radius 3 is 2.55 bits per heavy atom. The smallest absolute Gasteiger partial charge is 0.290 e. The largest absolute Gasteiger partial charge is 0.503 e. The van der Waals surface area contributed by atoms with Crippen LogP contribution in [-0.4, -0.2) is 26.7 Å². The van der Waals surface area contributed by atoms with Gasteiger partial charge in [-0.3, -0.25) is 14.6 Å². The first-order chi connectivity index (χ1) is 14.1. The minimum absolute atomic E-state index is 0.0804. The Balaban J connectivity index is 1.62. The van der Waals surface area contributed by atoms with E-state index >= 15 is 0 Å². The summed E-state index contributed by atoms with van der Waals surface area (Å²) < 4.78 is 5.51. The highest BCUT2D eigenvalue weighted by molar-refractivity contribution is 6.08. The summed E-state index contributed by atoms with van der Waals surface area (Å²) in [6, 6.07) is 17.6. The maximum Gasteiger partial charge on any atom is 0.290 e. The molecule has 1 N–H and O–H groups in total. The topological polar surface area (TPSA) is 83.6 Å². The van der Waals surface area contributed by atoms with E-state index in [0.717, 1.165) is 5.56 Å². The molecule has 0 aliphatic carbocycles. The zero-order valence-electron chi connectivity index (χ0n) is 15.7. The Morgan fingerprint density at radius 1 is 1.07 bits per heavy atom. The Bertz CT molecular complexity index is 1030. The number of hydrogen-bond donors (Lipinski definition) is 1. The molecular weight excluding hydrogens is 368 g/mol. The summed E-state index contributed by atoms with van der Waals surface area (Å²) >= 11 is 0. The molecular formula is C23H20N2O4. The third-order valence-electron chi connectivity index (χ3n) is 4.96. The molecule has 0 saturated carbocycles. The maximum absolute atomic E-state index is 13.0. The van der Waals surface area contributed by atoms with Crippen LogP contribution >= 0.6 is 0 Å². The third-order valence-corrected chi connectivity index (χ3v) is 4.96. The van der Waals surface area contributed by atoms with Gasteiger partial charge in [-0.05, 0) is 36.2 Å². The van der Waals surface area contributed by atoms with E-state index in [9.17, 15) is 14.7 Å². The minimum atomic E-state index is -0.775. The molecule has 2 aromatic heterocycles. The summed E-state index contributed by atoms with van der Waals surface area (Å²) in [5, 5.41) is 10.5. The van der Waals surface area contributed by atoms with E-state index < -0.39 is 17.7 Å². The normalized spacial score (nSPS) is 16.5. The minimum Gasteiger partial charge on any atom is -0.503 e. The fourth-order valence-electron chi connectivity index (χ4n) is 3.55. The second-order valence-electron chi connectivity index (χ2n) is 6.84. The number of aliphatic hydroxyl groups is 1. The van der Waals surface area contributed by atoms with Crippen LogP contribution in [-0.2, 0) is 22.6 Å². The van der Waals surface area contributed by atoms with Crippen molar-refractivity contribution in [1.29, 1.82) is 0 Å². The number of aromatic nitrogens is 1. The van der Waals surface area contributed by atoms with Gasteiger partial charge in [-0.1, -0.05) is 36.4 Å². The fourth-order valence-corrected chi connectivity index (χ4v) is 3.55. The van der Waals surface area contributed by atoms with Crippen LogP contribution in [0.2, 0.25) is 0 Å². The van der Waals surface area contributed by atoms with Crippen LogP contribution in [0.25, 0.3) is 0 Å². The van der Waals surface area contributed by atoms with Crippen molar-refractivity contribution < 1.29 is 19.1 Å². The number of benzene rings is 1. The molecule has 1 amide bonds. The molecule has 6 nitrogen and oxygen atoms in total. The van der Waals surface area contributed by atoms with Gasteiger partial charge in [-0.25, -0.2) is 0 Å². The zero-order chi connectivity index (χ0) is 20.2. The van der Waals surface area contributed by atoms with Gasteiger partial charge in [-0.15, -0.1) is 0 Å². The Labute approximate surface area is 168 Å². The fraction of sp³-hybridized carbons (Fsp3) is 0.174. The van der Waals surface area contributed by atoms with Gasteiger partial charge >= 0.3 is 0 Å². The first-order valence-corrected chi connectivity index (χ1v) is 9.39. The molecule has 1 atom stereocenters. The molecule has 0 spiro atoms. The number of carbonyl (C=O) groups is 2. The standard InChI is InChI=1S/C23H20N2O4/c26-18(12-11-16-7-2-1-3-8-16)20-21(19-10-6-14-29-19)25(23(28)22(20)27)15-17-9-4-5-13-24-17/h1-10,13-14,21,27H,11-12,15H2. The van der Waals surface area contributed by atoms with Crippen molar-refractivity contribution in [2.24, 2.45) is 0 Å². The van der Waals surface area contributed by atoms with E-state index in [-0.39, 0.29) is 24.3 Å². The number of nitrogens with zero attached hydrogens (tertiary/aromatic N) is 2. The lowest BCUT2D eigenvalue weighted by Gasteiger charge is -2.24. The molecule has 0 saturated heterocycles. The van der Waals surface area contributed by atoms with Gasteiger partial charge in [0, 0.05) is 12.6 Å². The van der Waals surface area contributed by atoms with Crippen LogP contribution in [0.5, 0.6) is 0 Å². The zero-order valence-corrected chi connectivity index (χ0v) is 15.7. The van der Waals surface area contributed by atoms with Gasteiger partial charge in [0.2, 0.25) is 0 Å². The van der Waals surface area contributed by atoms with Crippen molar-refractivity contribution >= 4 is 11.7 Å². The van der Waals surface area contributed by atoms with E-state index in [4.69, 9.17) is 4.42 Å². The average Bonchev–Trinajstić information content (AvgIpc) is 3.36. The van der Waals surface area contributed by atoms with Gasteiger partial charge in [-0.2, -0.15) is 0 Å². The van der Waals surface area contributed by atoms with Crippen LogP contribution in [0.4, 0.5) is 0 Å². The monoisotopic (exact) mass is 388 g/mol. The predicted octanol–water partition coefficient (Wildman–Crippen LogP) is 3.77. The van der Waals surface area contributed by atoms with Gasteiger partial charge in [0.15, 0.2) is 11.5 Å². The quantitative estimate of drug-likeness (QED) is 0.666. The molecule has 1 aromatic carbocycles. The van der Waals surface area contributed by atoms with Crippen LogP contribution in [0, 0.1) is 0 Å². The summed E-state index contributed by atoms with van der Waals surface area (Å²) in [5.74, 6) is -0.952. The molecule has 3 heterocycles. The number of furan rings is 1. The molecule has 4 rings (SSSR count). The summed E-state index contributed by atoms with van der Waals surface area (Å²) in [6.07, 6.45) is 3.83. The molecule has 3 aromatic rings. The number of amides is 1. The van der Waals surface area contributed by atoms with Crippen molar-refractivity contribution in [1.82, 2.24) is 9.88 Å². The van der Waals surface area contributed by atoms with Crippen molar-refractivity contribution in [3.05, 3.63) is 101 Å². The molecule has 29 heavy (non-hydrogen) atoms. The first-order valence-electron chi connectivity index (χ1n) is 9.39. The number of ketones is 1. The summed E-state index contributed by atoms with van der Waals surface area (Å²) in [5.41, 5.74) is 1.75. The van der Waals surface area contributed by atoms with Crippen molar-refractivity contribution in [3.63, 3.8) is 0 Å². The summed E-state index contributed by atoms with van der Waals surface area (Å²) in [4.78, 5) is 31.5. The van der Waals surface area contributed by atoms with E-state index in [0.29, 0.717) is 17.9 Å². The van der Waals surface area contributed by atoms with Crippen molar-refractivity contribution in [2.75, 3.05) is 0 Å².